The molecule has 0 atom stereocenters. The molecule has 0 saturated heterocycles. The van der Waals surface area contributed by atoms with Gasteiger partial charge in [0.05, 0.1) is 6.26 Å². The molecule has 0 aliphatic rings. The van der Waals surface area contributed by atoms with Crippen LogP contribution in [0.4, 0.5) is 13.2 Å². The molecule has 4 nitrogen and oxygen atoms in total. The van der Waals surface area contributed by atoms with Gasteiger partial charge in [0.15, 0.2) is 5.58 Å². The largest absolute Gasteiger partial charge is 0.573 e. The minimum atomic E-state index is -4.75. The molecule has 2 aromatic carbocycles. The summed E-state index contributed by atoms with van der Waals surface area (Å²) in [4.78, 5) is 4.31. The van der Waals surface area contributed by atoms with Crippen LogP contribution in [0.2, 0.25) is 0 Å². The van der Waals surface area contributed by atoms with Crippen molar-refractivity contribution in [3.63, 3.8) is 0 Å². The highest BCUT2D eigenvalue weighted by molar-refractivity contribution is 5.81. The summed E-state index contributed by atoms with van der Waals surface area (Å²) >= 11 is 0. The molecule has 0 unspecified atom stereocenters. The van der Waals surface area contributed by atoms with E-state index in [0.717, 1.165) is 5.56 Å². The van der Waals surface area contributed by atoms with Gasteiger partial charge in [-0.2, -0.15) is 0 Å². The van der Waals surface area contributed by atoms with Crippen molar-refractivity contribution in [2.45, 2.75) is 6.36 Å². The van der Waals surface area contributed by atoms with Crippen LogP contribution in [-0.4, -0.2) is 11.3 Å². The van der Waals surface area contributed by atoms with Crippen LogP contribution < -0.4 is 4.74 Å². The first kappa shape index (κ1) is 15.3. The van der Waals surface area contributed by atoms with E-state index in [1.807, 2.05) is 12.1 Å². The fourth-order valence-corrected chi connectivity index (χ4v) is 2.47. The second-order valence-corrected chi connectivity index (χ2v) is 5.25. The minimum Gasteiger partial charge on any atom is -0.464 e. The van der Waals surface area contributed by atoms with Crippen LogP contribution in [0.25, 0.3) is 33.9 Å². The summed E-state index contributed by atoms with van der Waals surface area (Å²) in [7, 11) is 0. The number of hydrogen-bond acceptors (Lipinski definition) is 4. The second-order valence-electron chi connectivity index (χ2n) is 5.25. The lowest BCUT2D eigenvalue weighted by molar-refractivity contribution is -0.274. The van der Waals surface area contributed by atoms with Crippen LogP contribution in [0.1, 0.15) is 0 Å². The smallest absolute Gasteiger partial charge is 0.464 e. The Morgan fingerprint density at radius 2 is 1.80 bits per heavy atom. The van der Waals surface area contributed by atoms with Crippen molar-refractivity contribution < 1.29 is 26.7 Å². The number of aromatic nitrogens is 1. The van der Waals surface area contributed by atoms with Gasteiger partial charge in [-0.15, -0.1) is 13.2 Å². The Morgan fingerprint density at radius 1 is 0.920 bits per heavy atom. The van der Waals surface area contributed by atoms with Crippen LogP contribution >= 0.6 is 0 Å². The third-order valence-electron chi connectivity index (χ3n) is 3.51. The molecule has 25 heavy (non-hydrogen) atoms. The molecule has 7 heteroatoms. The number of fused-ring (bicyclic) bond motifs is 1. The predicted octanol–water partition coefficient (Wildman–Crippen LogP) is 5.65. The summed E-state index contributed by atoms with van der Waals surface area (Å²) in [5, 5.41) is 0. The highest BCUT2D eigenvalue weighted by atomic mass is 19.4. The standard InChI is InChI=1S/C18H10F3NO3/c19-18(20,21)25-13-4-1-3-12(9-13)17-22-14-7-6-11(10-16(14)24-17)15-5-2-8-23-15/h1-10H. The third-order valence-corrected chi connectivity index (χ3v) is 3.51. The average Bonchev–Trinajstić information content (AvgIpc) is 3.22. The number of nitrogens with zero attached hydrogens (tertiary/aromatic N) is 1. The van der Waals surface area contributed by atoms with E-state index in [2.05, 4.69) is 9.72 Å². The first-order valence-electron chi connectivity index (χ1n) is 7.29. The molecular weight excluding hydrogens is 335 g/mol. The molecule has 0 radical (unpaired) electrons. The lowest BCUT2D eigenvalue weighted by Crippen LogP contribution is -2.17. The van der Waals surface area contributed by atoms with Crippen molar-refractivity contribution in [2.75, 3.05) is 0 Å². The molecule has 0 aliphatic carbocycles. The average molecular weight is 345 g/mol. The number of furan rings is 1. The summed E-state index contributed by atoms with van der Waals surface area (Å²) in [6, 6.07) is 14.4. The van der Waals surface area contributed by atoms with Gasteiger partial charge in [0.25, 0.3) is 0 Å². The van der Waals surface area contributed by atoms with Gasteiger partial charge >= 0.3 is 6.36 Å². The Balaban J connectivity index is 1.71. The summed E-state index contributed by atoms with van der Waals surface area (Å²) in [6.45, 7) is 0. The zero-order valence-electron chi connectivity index (χ0n) is 12.6. The first-order chi connectivity index (χ1) is 12.0. The van der Waals surface area contributed by atoms with E-state index in [1.54, 1.807) is 30.5 Å². The van der Waals surface area contributed by atoms with Gasteiger partial charge in [0.1, 0.15) is 17.0 Å². The van der Waals surface area contributed by atoms with Gasteiger partial charge < -0.3 is 13.6 Å². The van der Waals surface area contributed by atoms with Crippen molar-refractivity contribution in [2.24, 2.45) is 0 Å². The summed E-state index contributed by atoms with van der Waals surface area (Å²) in [6.07, 6.45) is -3.19. The van der Waals surface area contributed by atoms with Gasteiger partial charge in [-0.3, -0.25) is 0 Å². The van der Waals surface area contributed by atoms with Crippen molar-refractivity contribution in [1.29, 1.82) is 0 Å². The number of benzene rings is 2. The zero-order chi connectivity index (χ0) is 17.4. The van der Waals surface area contributed by atoms with Gasteiger partial charge in [0, 0.05) is 11.1 Å². The Hall–Kier alpha value is -3.22. The van der Waals surface area contributed by atoms with E-state index in [0.29, 0.717) is 22.4 Å². The summed E-state index contributed by atoms with van der Waals surface area (Å²) < 4.78 is 52.0. The van der Waals surface area contributed by atoms with Gasteiger partial charge in [-0.25, -0.2) is 4.98 Å². The van der Waals surface area contributed by atoms with E-state index < -0.39 is 6.36 Å². The molecule has 0 aliphatic heterocycles. The topological polar surface area (TPSA) is 48.4 Å². The van der Waals surface area contributed by atoms with Crippen molar-refractivity contribution >= 4 is 11.1 Å². The van der Waals surface area contributed by atoms with Crippen molar-refractivity contribution in [3.8, 4) is 28.5 Å². The SMILES string of the molecule is FC(F)(F)Oc1cccc(-c2nc3ccc(-c4ccco4)cc3o2)c1. The van der Waals surface area contributed by atoms with Gasteiger partial charge in [-0.1, -0.05) is 6.07 Å². The summed E-state index contributed by atoms with van der Waals surface area (Å²) in [5.41, 5.74) is 2.30. The molecule has 0 amide bonds. The van der Waals surface area contributed by atoms with E-state index >= 15 is 0 Å². The lowest BCUT2D eigenvalue weighted by Gasteiger charge is -2.08. The van der Waals surface area contributed by atoms with E-state index in [9.17, 15) is 13.2 Å². The van der Waals surface area contributed by atoms with Crippen LogP contribution in [0, 0.1) is 0 Å². The Kier molecular flexibility index (Phi) is 3.49. The zero-order valence-corrected chi connectivity index (χ0v) is 12.6. The van der Waals surface area contributed by atoms with E-state index in [1.165, 1.54) is 18.2 Å². The molecule has 126 valence electrons. The first-order valence-corrected chi connectivity index (χ1v) is 7.29. The molecule has 0 bridgehead atoms. The molecule has 4 rings (SSSR count). The normalized spacial score (nSPS) is 11.8. The molecule has 0 N–H and O–H groups in total. The number of rotatable bonds is 3. The summed E-state index contributed by atoms with van der Waals surface area (Å²) in [5.74, 6) is 0.558. The minimum absolute atomic E-state index is 0.208. The van der Waals surface area contributed by atoms with Crippen LogP contribution in [-0.2, 0) is 0 Å². The molecular formula is C18H10F3NO3. The van der Waals surface area contributed by atoms with Crippen LogP contribution in [0.5, 0.6) is 5.75 Å². The predicted molar refractivity (Wildman–Crippen MR) is 83.8 cm³/mol. The molecule has 4 aromatic rings. The third kappa shape index (κ3) is 3.21. The number of ether oxygens (including phenoxy) is 1. The fraction of sp³-hybridized carbons (Fsp3) is 0.0556. The van der Waals surface area contributed by atoms with Crippen LogP contribution in [0.15, 0.2) is 69.7 Å². The maximum Gasteiger partial charge on any atom is 0.573 e. The highest BCUT2D eigenvalue weighted by Crippen LogP contribution is 2.31. The Morgan fingerprint density at radius 3 is 2.56 bits per heavy atom. The number of hydrogen-bond donors (Lipinski definition) is 0. The van der Waals surface area contributed by atoms with Crippen molar-refractivity contribution in [3.05, 3.63) is 60.9 Å². The molecule has 2 heterocycles. The van der Waals surface area contributed by atoms with E-state index in [-0.39, 0.29) is 11.6 Å². The molecule has 0 spiro atoms. The van der Waals surface area contributed by atoms with Crippen molar-refractivity contribution in [1.82, 2.24) is 4.98 Å². The Labute approximate surface area is 139 Å². The Bertz CT molecular complexity index is 1020. The molecule has 0 saturated carbocycles. The molecule has 2 aromatic heterocycles. The quantitative estimate of drug-likeness (QED) is 0.481. The number of oxazole rings is 1. The number of alkyl halides is 3. The monoisotopic (exact) mass is 345 g/mol. The van der Waals surface area contributed by atoms with Crippen LogP contribution in [0.3, 0.4) is 0 Å². The molecule has 0 fully saturated rings. The lowest BCUT2D eigenvalue weighted by atomic mass is 10.1. The maximum atomic E-state index is 12.4. The second kappa shape index (κ2) is 5.70. The van der Waals surface area contributed by atoms with E-state index in [4.69, 9.17) is 8.83 Å². The van der Waals surface area contributed by atoms with Gasteiger partial charge in [-0.05, 0) is 48.5 Å². The highest BCUT2D eigenvalue weighted by Gasteiger charge is 2.31. The number of halogens is 3. The fourth-order valence-electron chi connectivity index (χ4n) is 2.47. The maximum absolute atomic E-state index is 12.4. The van der Waals surface area contributed by atoms with Gasteiger partial charge in [0.2, 0.25) is 5.89 Å².